The van der Waals surface area contributed by atoms with Crippen molar-refractivity contribution < 1.29 is 4.39 Å². The molecule has 0 aliphatic carbocycles. The number of likely N-dealkylation sites (N-methyl/N-ethyl adjacent to an activating group) is 1. The van der Waals surface area contributed by atoms with Crippen molar-refractivity contribution in [3.05, 3.63) is 71.4 Å². The Morgan fingerprint density at radius 3 is 2.68 bits per heavy atom. The van der Waals surface area contributed by atoms with E-state index in [2.05, 4.69) is 20.3 Å². The molecule has 0 bridgehead atoms. The molecule has 128 valence electrons. The molecule has 0 aliphatic heterocycles. The molecule has 25 heavy (non-hydrogen) atoms. The van der Waals surface area contributed by atoms with Crippen LogP contribution in [0, 0.1) is 5.82 Å². The minimum atomic E-state index is -0.452. The van der Waals surface area contributed by atoms with E-state index in [9.17, 15) is 4.39 Å². The van der Waals surface area contributed by atoms with E-state index < -0.39 is 5.82 Å². The van der Waals surface area contributed by atoms with Crippen LogP contribution in [-0.2, 0) is 6.42 Å². The van der Waals surface area contributed by atoms with Crippen LogP contribution in [0.3, 0.4) is 0 Å². The number of nitrogens with one attached hydrogen (secondary N) is 1. The van der Waals surface area contributed by atoms with Gasteiger partial charge in [-0.1, -0.05) is 11.6 Å². The molecule has 2 aromatic heterocycles. The van der Waals surface area contributed by atoms with Gasteiger partial charge in [0.15, 0.2) is 0 Å². The second-order valence-electron chi connectivity index (χ2n) is 5.52. The summed E-state index contributed by atoms with van der Waals surface area (Å²) in [6.45, 7) is 0.774. The van der Waals surface area contributed by atoms with E-state index in [-0.39, 0.29) is 5.02 Å². The van der Waals surface area contributed by atoms with Crippen LogP contribution in [0.2, 0.25) is 5.02 Å². The van der Waals surface area contributed by atoms with Crippen LogP contribution in [0.4, 0.5) is 21.8 Å². The molecule has 0 spiro atoms. The number of anilines is 3. The van der Waals surface area contributed by atoms with Crippen molar-refractivity contribution in [3.63, 3.8) is 0 Å². The fourth-order valence-corrected chi connectivity index (χ4v) is 2.45. The van der Waals surface area contributed by atoms with Crippen molar-refractivity contribution in [2.75, 3.05) is 23.8 Å². The van der Waals surface area contributed by atoms with Crippen LogP contribution in [0.25, 0.3) is 0 Å². The van der Waals surface area contributed by atoms with Gasteiger partial charge in [-0.2, -0.15) is 4.98 Å². The average Bonchev–Trinajstić information content (AvgIpc) is 2.64. The Morgan fingerprint density at radius 1 is 1.12 bits per heavy atom. The second kappa shape index (κ2) is 7.90. The van der Waals surface area contributed by atoms with Gasteiger partial charge in [0.25, 0.3) is 0 Å². The highest BCUT2D eigenvalue weighted by atomic mass is 35.5. The summed E-state index contributed by atoms with van der Waals surface area (Å²) in [5.74, 6) is 0.766. The van der Waals surface area contributed by atoms with Gasteiger partial charge < -0.3 is 10.2 Å². The van der Waals surface area contributed by atoms with E-state index in [1.54, 1.807) is 30.7 Å². The molecule has 0 unspecified atom stereocenters. The van der Waals surface area contributed by atoms with Crippen LogP contribution in [-0.4, -0.2) is 28.5 Å². The molecule has 0 radical (unpaired) electrons. The van der Waals surface area contributed by atoms with Crippen molar-refractivity contribution in [1.82, 2.24) is 15.0 Å². The van der Waals surface area contributed by atoms with Crippen LogP contribution >= 0.6 is 11.6 Å². The van der Waals surface area contributed by atoms with Gasteiger partial charge in [-0.3, -0.25) is 4.98 Å². The smallest absolute Gasteiger partial charge is 0.227 e. The van der Waals surface area contributed by atoms with Gasteiger partial charge in [-0.25, -0.2) is 9.37 Å². The third-order valence-electron chi connectivity index (χ3n) is 3.66. The third kappa shape index (κ3) is 4.64. The predicted octanol–water partition coefficient (Wildman–Crippen LogP) is 4.09. The molecule has 0 saturated heterocycles. The first-order valence-corrected chi connectivity index (χ1v) is 8.15. The normalized spacial score (nSPS) is 10.5. The van der Waals surface area contributed by atoms with E-state index in [0.717, 1.165) is 13.0 Å². The van der Waals surface area contributed by atoms with Crippen molar-refractivity contribution in [2.24, 2.45) is 0 Å². The highest BCUT2D eigenvalue weighted by molar-refractivity contribution is 6.31. The summed E-state index contributed by atoms with van der Waals surface area (Å²) in [6.07, 6.45) is 6.11. The van der Waals surface area contributed by atoms with Crippen LogP contribution in [0.1, 0.15) is 5.56 Å². The monoisotopic (exact) mass is 357 g/mol. The fourth-order valence-electron chi connectivity index (χ4n) is 2.27. The number of rotatable bonds is 6. The van der Waals surface area contributed by atoms with E-state index in [1.807, 2.05) is 24.1 Å². The highest BCUT2D eigenvalue weighted by Gasteiger charge is 2.07. The lowest BCUT2D eigenvalue weighted by atomic mass is 10.2. The van der Waals surface area contributed by atoms with Gasteiger partial charge in [-0.05, 0) is 48.4 Å². The average molecular weight is 358 g/mol. The van der Waals surface area contributed by atoms with Gasteiger partial charge in [-0.15, -0.1) is 0 Å². The molecule has 0 aliphatic rings. The summed E-state index contributed by atoms with van der Waals surface area (Å²) >= 11 is 5.80. The van der Waals surface area contributed by atoms with Gasteiger partial charge in [0.2, 0.25) is 5.95 Å². The van der Waals surface area contributed by atoms with Crippen molar-refractivity contribution in [2.45, 2.75) is 6.42 Å². The Bertz CT molecular complexity index is 844. The molecule has 1 aromatic carbocycles. The molecule has 1 N–H and O–H groups in total. The third-order valence-corrected chi connectivity index (χ3v) is 3.95. The first-order chi connectivity index (χ1) is 12.1. The van der Waals surface area contributed by atoms with Crippen molar-refractivity contribution >= 4 is 29.1 Å². The lowest BCUT2D eigenvalue weighted by molar-refractivity contribution is 0.628. The molecule has 0 saturated carbocycles. The zero-order chi connectivity index (χ0) is 17.6. The Labute approximate surface area is 150 Å². The first-order valence-electron chi connectivity index (χ1n) is 7.77. The van der Waals surface area contributed by atoms with Crippen LogP contribution in [0.5, 0.6) is 0 Å². The maximum Gasteiger partial charge on any atom is 0.227 e. The summed E-state index contributed by atoms with van der Waals surface area (Å²) in [6, 6.07) is 10.2. The zero-order valence-electron chi connectivity index (χ0n) is 13.7. The van der Waals surface area contributed by atoms with E-state index >= 15 is 0 Å². The summed E-state index contributed by atoms with van der Waals surface area (Å²) in [5.41, 5.74) is 1.87. The Kier molecular flexibility index (Phi) is 5.40. The summed E-state index contributed by atoms with van der Waals surface area (Å²) in [4.78, 5) is 14.8. The molecule has 0 amide bonds. The number of hydrogen-bond acceptors (Lipinski definition) is 5. The maximum atomic E-state index is 13.2. The van der Waals surface area contributed by atoms with Crippen LogP contribution in [0.15, 0.2) is 55.0 Å². The predicted molar refractivity (Wildman–Crippen MR) is 97.9 cm³/mol. The van der Waals surface area contributed by atoms with Crippen molar-refractivity contribution in [1.29, 1.82) is 0 Å². The lowest BCUT2D eigenvalue weighted by Crippen LogP contribution is -2.22. The topological polar surface area (TPSA) is 53.9 Å². The molecular weight excluding hydrogens is 341 g/mol. The van der Waals surface area contributed by atoms with Gasteiger partial charge in [0, 0.05) is 37.9 Å². The number of nitrogens with zero attached hydrogens (tertiary/aromatic N) is 4. The molecule has 7 heteroatoms. The van der Waals surface area contributed by atoms with Gasteiger partial charge in [0.05, 0.1) is 5.02 Å². The standard InChI is InChI=1S/C18H17ClFN5/c1-25(11-7-13-4-8-21-9-5-13)18-22-10-6-17(24-18)23-14-2-3-16(20)15(19)12-14/h2-6,8-10,12H,7,11H2,1H3,(H,22,23,24). The molecule has 0 fully saturated rings. The molecule has 2 heterocycles. The number of aromatic nitrogens is 3. The maximum absolute atomic E-state index is 13.2. The van der Waals surface area contributed by atoms with E-state index in [0.29, 0.717) is 17.5 Å². The lowest BCUT2D eigenvalue weighted by Gasteiger charge is -2.17. The fraction of sp³-hybridized carbons (Fsp3) is 0.167. The SMILES string of the molecule is CN(CCc1ccncc1)c1nccc(Nc2ccc(F)c(Cl)c2)n1. The Hall–Kier alpha value is -2.73. The first kappa shape index (κ1) is 17.1. The van der Waals surface area contributed by atoms with Gasteiger partial charge in [0.1, 0.15) is 11.6 Å². The van der Waals surface area contributed by atoms with Crippen LogP contribution < -0.4 is 10.2 Å². The summed E-state index contributed by atoms with van der Waals surface area (Å²) in [5, 5.41) is 3.17. The summed E-state index contributed by atoms with van der Waals surface area (Å²) < 4.78 is 13.2. The largest absolute Gasteiger partial charge is 0.343 e. The number of benzene rings is 1. The minimum Gasteiger partial charge on any atom is -0.343 e. The number of halogens is 2. The quantitative estimate of drug-likeness (QED) is 0.720. The van der Waals surface area contributed by atoms with E-state index in [4.69, 9.17) is 11.6 Å². The Balaban J connectivity index is 1.66. The van der Waals surface area contributed by atoms with E-state index in [1.165, 1.54) is 17.7 Å². The highest BCUT2D eigenvalue weighted by Crippen LogP contribution is 2.22. The molecule has 3 aromatic rings. The molecule has 0 atom stereocenters. The van der Waals surface area contributed by atoms with Crippen molar-refractivity contribution in [3.8, 4) is 0 Å². The Morgan fingerprint density at radius 2 is 1.92 bits per heavy atom. The zero-order valence-corrected chi connectivity index (χ0v) is 14.4. The van der Waals surface area contributed by atoms with Gasteiger partial charge >= 0.3 is 0 Å². The molecule has 5 nitrogen and oxygen atoms in total. The summed E-state index contributed by atoms with van der Waals surface area (Å²) in [7, 11) is 1.94. The second-order valence-corrected chi connectivity index (χ2v) is 5.93. The number of pyridine rings is 1. The number of hydrogen-bond donors (Lipinski definition) is 1. The minimum absolute atomic E-state index is 0.0637. The molecular formula is C18H17ClFN5. The molecule has 3 rings (SSSR count).